The second-order valence-corrected chi connectivity index (χ2v) is 9.39. The molecule has 2 atom stereocenters. The Labute approximate surface area is 202 Å². The van der Waals surface area contributed by atoms with Crippen LogP contribution in [0.1, 0.15) is 23.5 Å². The molecule has 2 aromatic carbocycles. The zero-order chi connectivity index (χ0) is 23.9. The lowest BCUT2D eigenvalue weighted by molar-refractivity contribution is -0.134. The van der Waals surface area contributed by atoms with Crippen molar-refractivity contribution in [1.29, 1.82) is 0 Å². The fourth-order valence-corrected chi connectivity index (χ4v) is 5.07. The maximum atomic E-state index is 12.4. The number of carboxylic acid groups (broad SMARTS) is 1. The zero-order valence-electron chi connectivity index (χ0n) is 18.7. The van der Waals surface area contributed by atoms with E-state index in [9.17, 15) is 14.4 Å². The van der Waals surface area contributed by atoms with Crippen molar-refractivity contribution < 1.29 is 29.0 Å². The molecule has 4 rings (SSSR count). The van der Waals surface area contributed by atoms with Crippen LogP contribution in [-0.2, 0) is 19.1 Å². The second-order valence-electron chi connectivity index (χ2n) is 8.28. The van der Waals surface area contributed by atoms with Gasteiger partial charge in [-0.05, 0) is 28.7 Å². The molecule has 2 aromatic rings. The smallest absolute Gasteiger partial charge is 0.407 e. The van der Waals surface area contributed by atoms with E-state index in [1.54, 1.807) is 0 Å². The van der Waals surface area contributed by atoms with Crippen LogP contribution in [0, 0.1) is 5.92 Å². The van der Waals surface area contributed by atoms with Crippen molar-refractivity contribution in [2.24, 2.45) is 5.92 Å². The number of carbonyl (C=O) groups excluding carboxylic acids is 2. The molecule has 34 heavy (non-hydrogen) atoms. The first-order valence-electron chi connectivity index (χ1n) is 11.3. The Kier molecular flexibility index (Phi) is 8.08. The molecule has 2 aliphatic rings. The summed E-state index contributed by atoms with van der Waals surface area (Å²) >= 11 is 1.24. The van der Waals surface area contributed by atoms with Gasteiger partial charge >= 0.3 is 12.1 Å². The van der Waals surface area contributed by atoms with Crippen LogP contribution in [0.4, 0.5) is 4.79 Å². The Hall–Kier alpha value is -3.04. The fraction of sp³-hybridized carbons (Fsp3) is 0.400. The van der Waals surface area contributed by atoms with Crippen molar-refractivity contribution in [2.75, 3.05) is 37.8 Å². The summed E-state index contributed by atoms with van der Waals surface area (Å²) in [7, 11) is 0. The quantitative estimate of drug-likeness (QED) is 0.444. The van der Waals surface area contributed by atoms with E-state index in [0.717, 1.165) is 11.1 Å². The van der Waals surface area contributed by atoms with Crippen molar-refractivity contribution in [1.82, 2.24) is 10.6 Å². The molecule has 8 nitrogen and oxygen atoms in total. The average Bonchev–Trinajstić information content (AvgIpc) is 3.44. The highest BCUT2D eigenvalue weighted by molar-refractivity contribution is 7.99. The molecule has 1 aliphatic heterocycles. The Bertz CT molecular complexity index is 1000. The first kappa shape index (κ1) is 24.1. The molecule has 2 amide bonds. The van der Waals surface area contributed by atoms with Gasteiger partial charge in [0.25, 0.3) is 0 Å². The molecule has 0 bridgehead atoms. The lowest BCUT2D eigenvalue weighted by Gasteiger charge is -2.19. The van der Waals surface area contributed by atoms with E-state index in [4.69, 9.17) is 14.6 Å². The number of amides is 2. The molecule has 0 saturated carbocycles. The number of alkyl carbamates (subject to hydrolysis) is 1. The molecule has 180 valence electrons. The third-order valence-corrected chi connectivity index (χ3v) is 7.04. The minimum Gasteiger partial charge on any atom is -0.481 e. The van der Waals surface area contributed by atoms with Crippen molar-refractivity contribution in [3.05, 3.63) is 59.7 Å². The molecule has 0 aromatic heterocycles. The van der Waals surface area contributed by atoms with E-state index in [0.29, 0.717) is 25.3 Å². The van der Waals surface area contributed by atoms with Crippen LogP contribution in [0.15, 0.2) is 48.5 Å². The number of carbonyl (C=O) groups is 3. The van der Waals surface area contributed by atoms with Gasteiger partial charge in [-0.15, -0.1) is 11.8 Å². The Morgan fingerprint density at radius 3 is 2.38 bits per heavy atom. The first-order chi connectivity index (χ1) is 16.5. The van der Waals surface area contributed by atoms with Crippen LogP contribution in [0.25, 0.3) is 11.1 Å². The zero-order valence-corrected chi connectivity index (χ0v) is 19.5. The lowest BCUT2D eigenvalue weighted by atomic mass is 9.98. The number of ether oxygens (including phenoxy) is 2. The fourth-order valence-electron chi connectivity index (χ4n) is 4.50. The maximum Gasteiger partial charge on any atom is 0.407 e. The predicted octanol–water partition coefficient (Wildman–Crippen LogP) is 2.86. The summed E-state index contributed by atoms with van der Waals surface area (Å²) in [5.74, 6) is -0.768. The van der Waals surface area contributed by atoms with Gasteiger partial charge in [-0.25, -0.2) is 4.79 Å². The average molecular weight is 485 g/mol. The first-order valence-corrected chi connectivity index (χ1v) is 12.5. The summed E-state index contributed by atoms with van der Waals surface area (Å²) in [6, 6.07) is 16.3. The van der Waals surface area contributed by atoms with Crippen LogP contribution in [0.2, 0.25) is 0 Å². The Balaban J connectivity index is 1.23. The van der Waals surface area contributed by atoms with Gasteiger partial charge in [-0.3, -0.25) is 9.59 Å². The Morgan fingerprint density at radius 1 is 1.03 bits per heavy atom. The summed E-state index contributed by atoms with van der Waals surface area (Å²) in [5.41, 5.74) is 4.65. The topological polar surface area (TPSA) is 114 Å². The van der Waals surface area contributed by atoms with E-state index < -0.39 is 18.2 Å². The van der Waals surface area contributed by atoms with E-state index in [-0.39, 0.29) is 36.6 Å². The summed E-state index contributed by atoms with van der Waals surface area (Å²) < 4.78 is 11.1. The van der Waals surface area contributed by atoms with Crippen molar-refractivity contribution in [2.45, 2.75) is 18.4 Å². The van der Waals surface area contributed by atoms with Crippen LogP contribution >= 0.6 is 11.8 Å². The van der Waals surface area contributed by atoms with E-state index in [1.165, 1.54) is 22.9 Å². The van der Waals surface area contributed by atoms with Gasteiger partial charge in [-0.1, -0.05) is 48.5 Å². The molecule has 1 fully saturated rings. The van der Waals surface area contributed by atoms with Crippen LogP contribution in [0.3, 0.4) is 0 Å². The van der Waals surface area contributed by atoms with Crippen molar-refractivity contribution in [3.63, 3.8) is 0 Å². The number of hydrogen-bond donors (Lipinski definition) is 3. The number of rotatable bonds is 10. The second kappa shape index (κ2) is 11.4. The van der Waals surface area contributed by atoms with Crippen LogP contribution < -0.4 is 10.6 Å². The van der Waals surface area contributed by atoms with Gasteiger partial charge in [0.1, 0.15) is 12.7 Å². The minimum atomic E-state index is -0.880. The number of carboxylic acids is 1. The maximum absolute atomic E-state index is 12.4. The summed E-state index contributed by atoms with van der Waals surface area (Å²) in [6.45, 7) is 1.33. The van der Waals surface area contributed by atoms with Crippen molar-refractivity contribution in [3.8, 4) is 11.1 Å². The highest BCUT2D eigenvalue weighted by Gasteiger charge is 2.34. The molecule has 0 radical (unpaired) electrons. The number of aliphatic carboxylic acids is 1. The molecule has 0 spiro atoms. The van der Waals surface area contributed by atoms with Crippen LogP contribution in [0.5, 0.6) is 0 Å². The molecule has 1 aliphatic carbocycles. The molecule has 3 N–H and O–H groups in total. The van der Waals surface area contributed by atoms with Crippen molar-refractivity contribution >= 4 is 29.7 Å². The Morgan fingerprint density at radius 2 is 1.71 bits per heavy atom. The summed E-state index contributed by atoms with van der Waals surface area (Å²) in [6.07, 6.45) is -0.494. The standard InChI is InChI=1S/C25H28N2O6S/c28-22(29)15-34-12-10-26-24(30)23-16(9-11-32-23)13-27-25(31)33-14-21-19-7-3-1-5-17(19)18-6-2-4-8-20(18)21/h1-8,16,21,23H,9-15H2,(H,26,30)(H,27,31)(H,28,29)/t16-,23-/m1/s1. The third kappa shape index (κ3) is 5.71. The monoisotopic (exact) mass is 484 g/mol. The van der Waals surface area contributed by atoms with E-state index >= 15 is 0 Å². The molecular weight excluding hydrogens is 456 g/mol. The van der Waals surface area contributed by atoms with Gasteiger partial charge in [0.15, 0.2) is 0 Å². The third-order valence-electron chi connectivity index (χ3n) is 6.10. The van der Waals surface area contributed by atoms with Gasteiger partial charge in [0, 0.05) is 37.3 Å². The lowest BCUT2D eigenvalue weighted by Crippen LogP contribution is -2.42. The SMILES string of the molecule is O=C(O)CSCCNC(=O)[C@@H]1OCC[C@@H]1CNC(=O)OCC1c2ccccc2-c2ccccc21. The van der Waals surface area contributed by atoms with E-state index in [1.807, 2.05) is 24.3 Å². The molecule has 9 heteroatoms. The van der Waals surface area contributed by atoms with E-state index in [2.05, 4.69) is 34.9 Å². The molecule has 1 heterocycles. The summed E-state index contributed by atoms with van der Waals surface area (Å²) in [4.78, 5) is 35.4. The molecular formula is C25H28N2O6S. The number of nitrogens with one attached hydrogen (secondary N) is 2. The van der Waals surface area contributed by atoms with Gasteiger partial charge in [0.05, 0.1) is 5.75 Å². The molecule has 1 saturated heterocycles. The highest BCUT2D eigenvalue weighted by atomic mass is 32.2. The number of benzene rings is 2. The van der Waals surface area contributed by atoms with Gasteiger partial charge in [-0.2, -0.15) is 0 Å². The molecule has 0 unspecified atom stereocenters. The van der Waals surface area contributed by atoms with Gasteiger partial charge in [0.2, 0.25) is 5.91 Å². The largest absolute Gasteiger partial charge is 0.481 e. The predicted molar refractivity (Wildman–Crippen MR) is 129 cm³/mol. The number of thioether (sulfide) groups is 1. The normalized spacial score (nSPS) is 18.7. The summed E-state index contributed by atoms with van der Waals surface area (Å²) in [5, 5.41) is 14.2. The minimum absolute atomic E-state index is 0.00246. The number of fused-ring (bicyclic) bond motifs is 3. The van der Waals surface area contributed by atoms with Gasteiger partial charge < -0.3 is 25.2 Å². The highest BCUT2D eigenvalue weighted by Crippen LogP contribution is 2.44. The number of hydrogen-bond acceptors (Lipinski definition) is 6. The van der Waals surface area contributed by atoms with Crippen LogP contribution in [-0.4, -0.2) is 67.0 Å².